The van der Waals surface area contributed by atoms with Crippen LogP contribution in [0.1, 0.15) is 20.3 Å². The highest BCUT2D eigenvalue weighted by Crippen LogP contribution is 2.47. The van der Waals surface area contributed by atoms with Crippen molar-refractivity contribution in [3.05, 3.63) is 43.0 Å². The van der Waals surface area contributed by atoms with E-state index in [9.17, 15) is 4.57 Å². The third-order valence-electron chi connectivity index (χ3n) is 2.44. The second kappa shape index (κ2) is 6.03. The summed E-state index contributed by atoms with van der Waals surface area (Å²) < 4.78 is 18.4. The molecule has 1 aromatic rings. The third kappa shape index (κ3) is 3.33. The molecule has 0 radical (unpaired) electrons. The van der Waals surface area contributed by atoms with Gasteiger partial charge in [0.1, 0.15) is 0 Å². The molecule has 0 aliphatic carbocycles. The molecule has 0 aromatic heterocycles. The van der Waals surface area contributed by atoms with E-state index in [-0.39, 0.29) is 6.10 Å². The van der Waals surface area contributed by atoms with Gasteiger partial charge >= 0.3 is 0 Å². The molecule has 2 atom stereocenters. The second-order valence-corrected chi connectivity index (χ2v) is 6.24. The van der Waals surface area contributed by atoms with Gasteiger partial charge in [-0.05, 0) is 25.5 Å². The Morgan fingerprint density at radius 2 is 2.06 bits per heavy atom. The number of allylic oxidation sites excluding steroid dienone is 1. The van der Waals surface area contributed by atoms with Gasteiger partial charge in [-0.1, -0.05) is 31.2 Å². The van der Waals surface area contributed by atoms with Gasteiger partial charge in [0, 0.05) is 11.5 Å². The molecular weight excluding hydrogens is 219 g/mol. The Morgan fingerprint density at radius 1 is 1.44 bits per heavy atom. The molecule has 2 unspecified atom stereocenters. The minimum atomic E-state index is -2.76. The van der Waals surface area contributed by atoms with E-state index in [0.717, 1.165) is 11.7 Å². The Hall–Kier alpha value is -0.850. The van der Waals surface area contributed by atoms with Gasteiger partial charge in [0.05, 0.1) is 6.10 Å². The highest BCUT2D eigenvalue weighted by molar-refractivity contribution is 7.67. The molecule has 1 aromatic carbocycles. The Kier molecular flexibility index (Phi) is 4.98. The summed E-state index contributed by atoms with van der Waals surface area (Å²) in [6.07, 6.45) is 2.91. The van der Waals surface area contributed by atoms with E-state index in [1.807, 2.05) is 44.2 Å². The first-order valence-corrected chi connectivity index (χ1v) is 7.37. The van der Waals surface area contributed by atoms with Crippen LogP contribution in [0.4, 0.5) is 0 Å². The van der Waals surface area contributed by atoms with Crippen LogP contribution in [0.5, 0.6) is 0 Å². The lowest BCUT2D eigenvalue weighted by molar-refractivity contribution is 0.225. The summed E-state index contributed by atoms with van der Waals surface area (Å²) in [5.74, 6) is 0. The normalized spacial score (nSPS) is 16.4. The largest absolute Gasteiger partial charge is 0.322 e. The van der Waals surface area contributed by atoms with Crippen molar-refractivity contribution in [1.29, 1.82) is 0 Å². The van der Waals surface area contributed by atoms with Crippen LogP contribution in [0.15, 0.2) is 43.0 Å². The van der Waals surface area contributed by atoms with Crippen LogP contribution < -0.4 is 5.30 Å². The van der Waals surface area contributed by atoms with Crippen molar-refractivity contribution in [3.63, 3.8) is 0 Å². The van der Waals surface area contributed by atoms with Crippen LogP contribution in [0, 0.1) is 0 Å². The van der Waals surface area contributed by atoms with Gasteiger partial charge in [0.25, 0.3) is 0 Å². The summed E-state index contributed by atoms with van der Waals surface area (Å²) >= 11 is 0. The SMILES string of the molecule is C=CCP(=O)(OC(C)CC)c1ccccc1. The molecule has 1 rings (SSSR count). The molecule has 0 N–H and O–H groups in total. The van der Waals surface area contributed by atoms with E-state index < -0.39 is 7.37 Å². The van der Waals surface area contributed by atoms with Gasteiger partial charge in [-0.25, -0.2) is 0 Å². The van der Waals surface area contributed by atoms with Crippen molar-refractivity contribution in [2.24, 2.45) is 0 Å². The number of benzene rings is 1. The van der Waals surface area contributed by atoms with E-state index in [0.29, 0.717) is 6.16 Å². The second-order valence-electron chi connectivity index (χ2n) is 3.80. The number of hydrogen-bond acceptors (Lipinski definition) is 2. The molecule has 16 heavy (non-hydrogen) atoms. The lowest BCUT2D eigenvalue weighted by atomic mass is 10.3. The molecule has 0 fully saturated rings. The van der Waals surface area contributed by atoms with Gasteiger partial charge in [0.2, 0.25) is 7.37 Å². The molecule has 0 aliphatic rings. The monoisotopic (exact) mass is 238 g/mol. The van der Waals surface area contributed by atoms with Gasteiger partial charge in [-0.15, -0.1) is 6.58 Å². The Morgan fingerprint density at radius 3 is 2.56 bits per heavy atom. The minimum absolute atomic E-state index is 0.00555. The molecule has 3 heteroatoms. The van der Waals surface area contributed by atoms with Crippen LogP contribution in [0.2, 0.25) is 0 Å². The molecule has 0 spiro atoms. The van der Waals surface area contributed by atoms with Crippen molar-refractivity contribution in [2.45, 2.75) is 26.4 Å². The van der Waals surface area contributed by atoms with Crippen molar-refractivity contribution in [3.8, 4) is 0 Å². The molecule has 2 nitrogen and oxygen atoms in total. The molecule has 88 valence electrons. The van der Waals surface area contributed by atoms with E-state index >= 15 is 0 Å². The van der Waals surface area contributed by atoms with Crippen LogP contribution in [0.3, 0.4) is 0 Å². The van der Waals surface area contributed by atoms with Crippen molar-refractivity contribution in [2.75, 3.05) is 6.16 Å². The summed E-state index contributed by atoms with van der Waals surface area (Å²) in [6, 6.07) is 9.38. The lowest BCUT2D eigenvalue weighted by Crippen LogP contribution is -2.14. The summed E-state index contributed by atoms with van der Waals surface area (Å²) in [5.41, 5.74) is 0. The average Bonchev–Trinajstić information content (AvgIpc) is 2.30. The van der Waals surface area contributed by atoms with Crippen LogP contribution in [-0.2, 0) is 9.09 Å². The quantitative estimate of drug-likeness (QED) is 0.559. The summed E-state index contributed by atoms with van der Waals surface area (Å²) in [6.45, 7) is 7.62. The van der Waals surface area contributed by atoms with E-state index in [2.05, 4.69) is 6.58 Å². The molecule has 0 bridgehead atoms. The zero-order valence-electron chi connectivity index (χ0n) is 9.93. The van der Waals surface area contributed by atoms with Crippen LogP contribution in [0.25, 0.3) is 0 Å². The highest BCUT2D eigenvalue weighted by Gasteiger charge is 2.25. The fraction of sp³-hybridized carbons (Fsp3) is 0.385. The molecule has 0 heterocycles. The minimum Gasteiger partial charge on any atom is -0.322 e. The van der Waals surface area contributed by atoms with E-state index in [4.69, 9.17) is 4.52 Å². The van der Waals surface area contributed by atoms with Gasteiger partial charge < -0.3 is 4.52 Å². The van der Waals surface area contributed by atoms with Gasteiger partial charge in [0.15, 0.2) is 0 Å². The molecule has 0 aliphatic heterocycles. The van der Waals surface area contributed by atoms with Crippen LogP contribution >= 0.6 is 7.37 Å². The predicted octanol–water partition coefficient (Wildman–Crippen LogP) is 3.59. The maximum atomic E-state index is 12.7. The third-order valence-corrected chi connectivity index (χ3v) is 4.97. The zero-order chi connectivity index (χ0) is 12.0. The van der Waals surface area contributed by atoms with Gasteiger partial charge in [-0.3, -0.25) is 4.57 Å². The summed E-state index contributed by atoms with van der Waals surface area (Å²) in [4.78, 5) is 0. The maximum Gasteiger partial charge on any atom is 0.236 e. The Bertz CT molecular complexity index is 373. The zero-order valence-corrected chi connectivity index (χ0v) is 10.8. The topological polar surface area (TPSA) is 26.3 Å². The standard InChI is InChI=1S/C13H19O2P/c1-4-11-16(14,15-12(3)5-2)13-9-7-6-8-10-13/h4,6-10,12H,1,5,11H2,2-3H3. The van der Waals surface area contributed by atoms with Crippen LogP contribution in [-0.4, -0.2) is 12.3 Å². The van der Waals surface area contributed by atoms with E-state index in [1.165, 1.54) is 0 Å². The maximum absolute atomic E-state index is 12.7. The first kappa shape index (κ1) is 13.2. The highest BCUT2D eigenvalue weighted by atomic mass is 31.2. The summed E-state index contributed by atoms with van der Waals surface area (Å²) in [7, 11) is -2.76. The lowest BCUT2D eigenvalue weighted by Gasteiger charge is -2.21. The first-order chi connectivity index (χ1) is 7.62. The molecule has 0 saturated heterocycles. The van der Waals surface area contributed by atoms with Crippen molar-refractivity contribution < 1.29 is 9.09 Å². The van der Waals surface area contributed by atoms with Crippen molar-refractivity contribution in [1.82, 2.24) is 0 Å². The smallest absolute Gasteiger partial charge is 0.236 e. The van der Waals surface area contributed by atoms with Crippen molar-refractivity contribution >= 4 is 12.7 Å². The Balaban J connectivity index is 2.97. The molecule has 0 saturated carbocycles. The fourth-order valence-electron chi connectivity index (χ4n) is 1.40. The first-order valence-electron chi connectivity index (χ1n) is 5.56. The average molecular weight is 238 g/mol. The van der Waals surface area contributed by atoms with E-state index in [1.54, 1.807) is 6.08 Å². The predicted molar refractivity (Wildman–Crippen MR) is 69.6 cm³/mol. The molecule has 0 amide bonds. The number of rotatable bonds is 6. The summed E-state index contributed by atoms with van der Waals surface area (Å²) in [5, 5.41) is 0.773. The van der Waals surface area contributed by atoms with Gasteiger partial charge in [-0.2, -0.15) is 0 Å². The Labute approximate surface area is 97.8 Å². The fourth-order valence-corrected chi connectivity index (χ4v) is 3.51. The molecular formula is C13H19O2P. The number of hydrogen-bond donors (Lipinski definition) is 0.